The molecular formula is C14H24BrN3. The van der Waals surface area contributed by atoms with Gasteiger partial charge in [-0.15, -0.1) is 0 Å². The number of aromatic nitrogens is 2. The van der Waals surface area contributed by atoms with Crippen molar-refractivity contribution in [2.24, 2.45) is 0 Å². The van der Waals surface area contributed by atoms with Gasteiger partial charge in [-0.3, -0.25) is 4.68 Å². The molecule has 1 unspecified atom stereocenters. The summed E-state index contributed by atoms with van der Waals surface area (Å²) in [6.07, 6.45) is 9.37. The van der Waals surface area contributed by atoms with Crippen LogP contribution in [0.25, 0.3) is 0 Å². The van der Waals surface area contributed by atoms with E-state index in [4.69, 9.17) is 0 Å². The van der Waals surface area contributed by atoms with Crippen molar-refractivity contribution in [3.05, 3.63) is 16.4 Å². The van der Waals surface area contributed by atoms with Crippen molar-refractivity contribution in [2.75, 3.05) is 6.54 Å². The van der Waals surface area contributed by atoms with E-state index in [-0.39, 0.29) is 5.54 Å². The summed E-state index contributed by atoms with van der Waals surface area (Å²) in [5.41, 5.74) is 1.47. The highest BCUT2D eigenvalue weighted by Crippen LogP contribution is 2.37. The average Bonchev–Trinajstić information content (AvgIpc) is 2.62. The highest BCUT2D eigenvalue weighted by atomic mass is 79.9. The lowest BCUT2D eigenvalue weighted by molar-refractivity contribution is 0.285. The van der Waals surface area contributed by atoms with Crippen LogP contribution in [0.5, 0.6) is 0 Å². The minimum atomic E-state index is 0.112. The molecule has 0 aromatic carbocycles. The van der Waals surface area contributed by atoms with Crippen molar-refractivity contribution < 1.29 is 0 Å². The lowest BCUT2D eigenvalue weighted by Crippen LogP contribution is -2.43. The number of nitrogens with zero attached hydrogens (tertiary/aromatic N) is 2. The zero-order valence-corrected chi connectivity index (χ0v) is 13.1. The Labute approximate surface area is 118 Å². The summed E-state index contributed by atoms with van der Waals surface area (Å²) < 4.78 is 3.35. The van der Waals surface area contributed by atoms with E-state index in [1.807, 2.05) is 6.20 Å². The molecule has 0 amide bonds. The fraction of sp³-hybridized carbons (Fsp3) is 0.786. The highest BCUT2D eigenvalue weighted by Gasteiger charge is 2.35. The average molecular weight is 314 g/mol. The third kappa shape index (κ3) is 2.64. The highest BCUT2D eigenvalue weighted by molar-refractivity contribution is 9.10. The van der Waals surface area contributed by atoms with E-state index in [2.05, 4.69) is 44.9 Å². The first-order chi connectivity index (χ1) is 8.73. The summed E-state index contributed by atoms with van der Waals surface area (Å²) in [6.45, 7) is 6.62. The Hall–Kier alpha value is -0.350. The zero-order valence-electron chi connectivity index (χ0n) is 11.5. The van der Waals surface area contributed by atoms with Gasteiger partial charge in [-0.1, -0.05) is 26.7 Å². The predicted octanol–water partition coefficient (Wildman–Crippen LogP) is 3.82. The summed E-state index contributed by atoms with van der Waals surface area (Å²) in [5, 5.41) is 8.33. The van der Waals surface area contributed by atoms with Gasteiger partial charge in [-0.2, -0.15) is 5.10 Å². The standard InChI is InChI=1S/C14H24BrN3/c1-3-10-18-13(12(15)11-17-18)14(4-2)8-6-5-7-9-16-14/h11,16H,3-10H2,1-2H3. The fourth-order valence-electron chi connectivity index (χ4n) is 3.04. The van der Waals surface area contributed by atoms with Crippen LogP contribution in [0.2, 0.25) is 0 Å². The Kier molecular flexibility index (Phi) is 4.84. The quantitative estimate of drug-likeness (QED) is 0.915. The summed E-state index contributed by atoms with van der Waals surface area (Å²) in [6, 6.07) is 0. The van der Waals surface area contributed by atoms with Crippen LogP contribution in [-0.4, -0.2) is 16.3 Å². The van der Waals surface area contributed by atoms with Crippen molar-refractivity contribution in [2.45, 2.75) is 64.5 Å². The van der Waals surface area contributed by atoms with Crippen molar-refractivity contribution in [3.8, 4) is 0 Å². The maximum atomic E-state index is 4.53. The van der Waals surface area contributed by atoms with E-state index in [1.165, 1.54) is 31.4 Å². The molecule has 3 nitrogen and oxygen atoms in total. The smallest absolute Gasteiger partial charge is 0.0726 e. The van der Waals surface area contributed by atoms with E-state index >= 15 is 0 Å². The molecule has 1 saturated heterocycles. The normalized spacial score (nSPS) is 25.1. The van der Waals surface area contributed by atoms with Gasteiger partial charge < -0.3 is 5.32 Å². The molecule has 2 heterocycles. The van der Waals surface area contributed by atoms with Crippen molar-refractivity contribution in [1.29, 1.82) is 0 Å². The maximum Gasteiger partial charge on any atom is 0.0726 e. The molecule has 1 N–H and O–H groups in total. The topological polar surface area (TPSA) is 29.9 Å². The van der Waals surface area contributed by atoms with Gasteiger partial charge in [0.2, 0.25) is 0 Å². The lowest BCUT2D eigenvalue weighted by atomic mass is 9.87. The van der Waals surface area contributed by atoms with Crippen LogP contribution in [0.3, 0.4) is 0 Å². The molecule has 102 valence electrons. The molecule has 0 radical (unpaired) electrons. The van der Waals surface area contributed by atoms with Gasteiger partial charge in [-0.25, -0.2) is 0 Å². The second kappa shape index (κ2) is 6.20. The molecule has 2 rings (SSSR count). The second-order valence-corrected chi connectivity index (χ2v) is 6.09. The molecule has 1 aromatic rings. The molecule has 1 atom stereocenters. The molecular weight excluding hydrogens is 290 g/mol. The summed E-state index contributed by atoms with van der Waals surface area (Å²) in [4.78, 5) is 0. The number of nitrogens with one attached hydrogen (secondary N) is 1. The maximum absolute atomic E-state index is 4.53. The number of aryl methyl sites for hydroxylation is 1. The van der Waals surface area contributed by atoms with Gasteiger partial charge in [0.1, 0.15) is 0 Å². The van der Waals surface area contributed by atoms with Crippen molar-refractivity contribution in [1.82, 2.24) is 15.1 Å². The van der Waals surface area contributed by atoms with E-state index < -0.39 is 0 Å². The number of rotatable bonds is 4. The number of hydrogen-bond acceptors (Lipinski definition) is 2. The van der Waals surface area contributed by atoms with Crippen LogP contribution in [0, 0.1) is 0 Å². The Balaban J connectivity index is 2.38. The minimum absolute atomic E-state index is 0.112. The Morgan fingerprint density at radius 1 is 1.39 bits per heavy atom. The van der Waals surface area contributed by atoms with E-state index in [9.17, 15) is 0 Å². The van der Waals surface area contributed by atoms with Gasteiger partial charge in [0.15, 0.2) is 0 Å². The van der Waals surface area contributed by atoms with Gasteiger partial charge in [-0.05, 0) is 48.2 Å². The molecule has 4 heteroatoms. The van der Waals surface area contributed by atoms with Crippen molar-refractivity contribution >= 4 is 15.9 Å². The number of hydrogen-bond donors (Lipinski definition) is 1. The Morgan fingerprint density at radius 3 is 2.94 bits per heavy atom. The Bertz CT molecular complexity index is 378. The molecule has 0 bridgehead atoms. The first-order valence-electron chi connectivity index (χ1n) is 7.20. The zero-order chi connectivity index (χ0) is 13.0. The van der Waals surface area contributed by atoms with Crippen LogP contribution < -0.4 is 5.32 Å². The van der Waals surface area contributed by atoms with Gasteiger partial charge in [0.25, 0.3) is 0 Å². The van der Waals surface area contributed by atoms with Crippen LogP contribution >= 0.6 is 15.9 Å². The van der Waals surface area contributed by atoms with Crippen LogP contribution in [-0.2, 0) is 12.1 Å². The second-order valence-electron chi connectivity index (χ2n) is 5.24. The third-order valence-electron chi connectivity index (χ3n) is 4.03. The van der Waals surface area contributed by atoms with Gasteiger partial charge in [0, 0.05) is 6.54 Å². The molecule has 1 fully saturated rings. The van der Waals surface area contributed by atoms with Crippen LogP contribution in [0.15, 0.2) is 10.7 Å². The largest absolute Gasteiger partial charge is 0.306 e. The molecule has 1 aliphatic heterocycles. The summed E-state index contributed by atoms with van der Waals surface area (Å²) >= 11 is 3.70. The van der Waals surface area contributed by atoms with E-state index in [0.717, 1.165) is 30.4 Å². The Morgan fingerprint density at radius 2 is 2.22 bits per heavy atom. The van der Waals surface area contributed by atoms with Crippen LogP contribution in [0.4, 0.5) is 0 Å². The van der Waals surface area contributed by atoms with Crippen molar-refractivity contribution in [3.63, 3.8) is 0 Å². The van der Waals surface area contributed by atoms with E-state index in [1.54, 1.807) is 0 Å². The first-order valence-corrected chi connectivity index (χ1v) is 7.99. The minimum Gasteiger partial charge on any atom is -0.306 e. The summed E-state index contributed by atoms with van der Waals surface area (Å²) in [7, 11) is 0. The third-order valence-corrected chi connectivity index (χ3v) is 4.61. The predicted molar refractivity (Wildman–Crippen MR) is 78.7 cm³/mol. The fourth-order valence-corrected chi connectivity index (χ4v) is 3.71. The summed E-state index contributed by atoms with van der Waals surface area (Å²) in [5.74, 6) is 0. The molecule has 1 aromatic heterocycles. The SMILES string of the molecule is CCCn1ncc(Br)c1C1(CC)CCCCCN1. The molecule has 18 heavy (non-hydrogen) atoms. The first kappa shape index (κ1) is 14.1. The van der Waals surface area contributed by atoms with Crippen LogP contribution in [0.1, 0.15) is 58.1 Å². The molecule has 1 aliphatic rings. The lowest BCUT2D eigenvalue weighted by Gasteiger charge is -2.34. The molecule has 0 saturated carbocycles. The van der Waals surface area contributed by atoms with Gasteiger partial charge in [0.05, 0.1) is 21.9 Å². The monoisotopic (exact) mass is 313 g/mol. The number of halogens is 1. The van der Waals surface area contributed by atoms with Gasteiger partial charge >= 0.3 is 0 Å². The molecule has 0 spiro atoms. The molecule has 0 aliphatic carbocycles. The van der Waals surface area contributed by atoms with E-state index in [0.29, 0.717) is 0 Å².